The minimum atomic E-state index is -0.724. The second-order valence-electron chi connectivity index (χ2n) is 5.67. The fourth-order valence-corrected chi connectivity index (χ4v) is 3.03. The van der Waals surface area contributed by atoms with Crippen LogP contribution in [-0.4, -0.2) is 45.7 Å². The van der Waals surface area contributed by atoms with Gasteiger partial charge in [0.15, 0.2) is 17.2 Å². The van der Waals surface area contributed by atoms with E-state index >= 15 is 0 Å². The van der Waals surface area contributed by atoms with E-state index in [9.17, 15) is 13.6 Å². The molecule has 0 aliphatic carbocycles. The van der Waals surface area contributed by atoms with E-state index in [1.165, 1.54) is 0 Å². The second kappa shape index (κ2) is 5.39. The number of hydrogen-bond donors (Lipinski definition) is 2. The first-order chi connectivity index (χ1) is 11.1. The van der Waals surface area contributed by atoms with Crippen LogP contribution in [0.25, 0.3) is 16.6 Å². The van der Waals surface area contributed by atoms with Crippen molar-refractivity contribution < 1.29 is 8.78 Å². The Hall–Kier alpha value is -2.32. The van der Waals surface area contributed by atoms with Crippen LogP contribution in [0.1, 0.15) is 5.56 Å². The Morgan fingerprint density at radius 3 is 2.78 bits per heavy atom. The Balaban J connectivity index is 1.84. The van der Waals surface area contributed by atoms with Gasteiger partial charge in [-0.25, -0.2) is 13.3 Å². The van der Waals surface area contributed by atoms with Gasteiger partial charge in [0.05, 0.1) is 11.7 Å². The van der Waals surface area contributed by atoms with Gasteiger partial charge in [-0.2, -0.15) is 5.10 Å². The van der Waals surface area contributed by atoms with Crippen molar-refractivity contribution in [3.05, 3.63) is 45.9 Å². The highest BCUT2D eigenvalue weighted by molar-refractivity contribution is 5.79. The lowest BCUT2D eigenvalue weighted by Crippen LogP contribution is -2.43. The lowest BCUT2D eigenvalue weighted by atomic mass is 10.1. The van der Waals surface area contributed by atoms with E-state index in [4.69, 9.17) is 0 Å². The van der Waals surface area contributed by atoms with Crippen LogP contribution in [0.15, 0.2) is 23.1 Å². The third kappa shape index (κ3) is 2.30. The number of halogens is 2. The van der Waals surface area contributed by atoms with E-state index in [0.29, 0.717) is 17.6 Å². The summed E-state index contributed by atoms with van der Waals surface area (Å²) >= 11 is 0. The Kier molecular flexibility index (Phi) is 3.35. The molecule has 2 N–H and O–H groups in total. The zero-order valence-electron chi connectivity index (χ0n) is 12.3. The highest BCUT2D eigenvalue weighted by atomic mass is 19.1. The predicted octanol–water partition coefficient (Wildman–Crippen LogP) is 0.859. The van der Waals surface area contributed by atoms with Gasteiger partial charge >= 0.3 is 0 Å². The average Bonchev–Trinajstić information content (AvgIpc) is 2.95. The third-order valence-corrected chi connectivity index (χ3v) is 4.21. The maximum absolute atomic E-state index is 14.8. The van der Waals surface area contributed by atoms with E-state index in [1.807, 2.05) is 0 Å². The number of fused-ring (bicyclic) bond motifs is 3. The van der Waals surface area contributed by atoms with Crippen LogP contribution >= 0.6 is 0 Å². The molecule has 120 valence electrons. The van der Waals surface area contributed by atoms with Gasteiger partial charge in [-0.15, -0.1) is 0 Å². The van der Waals surface area contributed by atoms with E-state index in [1.54, 1.807) is 12.1 Å². The molecule has 1 saturated heterocycles. The zero-order chi connectivity index (χ0) is 16.0. The molecule has 1 aromatic carbocycles. The van der Waals surface area contributed by atoms with Gasteiger partial charge in [0.25, 0.3) is 5.56 Å². The number of nitrogens with zero attached hydrogens (tertiary/aromatic N) is 3. The average molecular weight is 319 g/mol. The molecule has 23 heavy (non-hydrogen) atoms. The van der Waals surface area contributed by atoms with Crippen molar-refractivity contribution >= 4 is 16.6 Å². The maximum atomic E-state index is 14.8. The van der Waals surface area contributed by atoms with Crippen LogP contribution in [0.2, 0.25) is 0 Å². The summed E-state index contributed by atoms with van der Waals surface area (Å²) in [4.78, 5) is 16.6. The van der Waals surface area contributed by atoms with E-state index in [2.05, 4.69) is 20.3 Å². The van der Waals surface area contributed by atoms with Gasteiger partial charge in [-0.3, -0.25) is 9.69 Å². The zero-order valence-corrected chi connectivity index (χ0v) is 12.3. The monoisotopic (exact) mass is 319 g/mol. The van der Waals surface area contributed by atoms with Crippen molar-refractivity contribution in [1.82, 2.24) is 24.8 Å². The summed E-state index contributed by atoms with van der Waals surface area (Å²) in [6.45, 7) is 3.91. The van der Waals surface area contributed by atoms with Gasteiger partial charge in [0, 0.05) is 38.3 Å². The number of aromatic nitrogens is 3. The molecule has 8 heteroatoms. The first-order valence-electron chi connectivity index (χ1n) is 7.45. The lowest BCUT2D eigenvalue weighted by molar-refractivity contribution is 0.230. The third-order valence-electron chi connectivity index (χ3n) is 4.21. The van der Waals surface area contributed by atoms with Crippen LogP contribution in [0, 0.1) is 11.6 Å². The number of hydrogen-bond acceptors (Lipinski definition) is 4. The van der Waals surface area contributed by atoms with E-state index in [-0.39, 0.29) is 11.0 Å². The number of piperazine rings is 1. The SMILES string of the molecule is O=c1[nH]c2c(F)c(CN3CCNCC3)ccc2n2ncc(F)c12. The number of rotatable bonds is 2. The van der Waals surface area contributed by atoms with Gasteiger partial charge < -0.3 is 10.3 Å². The predicted molar refractivity (Wildman–Crippen MR) is 81.4 cm³/mol. The molecule has 0 radical (unpaired) electrons. The standard InChI is InChI=1S/C15H15F2N5O/c16-10-7-19-22-11-2-1-9(8-21-5-3-18-4-6-21)12(17)13(11)20-15(23)14(10)22/h1-2,7,18H,3-6,8H2,(H,20,23). The van der Waals surface area contributed by atoms with E-state index in [0.717, 1.165) is 36.9 Å². The maximum Gasteiger partial charge on any atom is 0.277 e. The Bertz CT molecular complexity index is 942. The van der Waals surface area contributed by atoms with Crippen molar-refractivity contribution in [1.29, 1.82) is 0 Å². The summed E-state index contributed by atoms with van der Waals surface area (Å²) in [7, 11) is 0. The summed E-state index contributed by atoms with van der Waals surface area (Å²) in [5.41, 5.74) is 0.00259. The van der Waals surface area contributed by atoms with Crippen molar-refractivity contribution in [2.45, 2.75) is 6.54 Å². The van der Waals surface area contributed by atoms with Crippen LogP contribution in [0.4, 0.5) is 8.78 Å². The quantitative estimate of drug-likeness (QED) is 0.735. The summed E-state index contributed by atoms with van der Waals surface area (Å²) in [5.74, 6) is -1.21. The highest BCUT2D eigenvalue weighted by Gasteiger charge is 2.18. The molecule has 1 aliphatic rings. The molecule has 1 fully saturated rings. The molecule has 1 aliphatic heterocycles. The number of H-pyrrole nitrogens is 1. The smallest absolute Gasteiger partial charge is 0.277 e. The summed E-state index contributed by atoms with van der Waals surface area (Å²) in [5, 5.41) is 7.07. The molecular formula is C15H15F2N5O. The summed E-state index contributed by atoms with van der Waals surface area (Å²) in [6.07, 6.45) is 0.955. The van der Waals surface area contributed by atoms with Gasteiger partial charge in [0.2, 0.25) is 0 Å². The van der Waals surface area contributed by atoms with Crippen LogP contribution < -0.4 is 10.9 Å². The van der Waals surface area contributed by atoms with Gasteiger partial charge in [-0.05, 0) is 6.07 Å². The van der Waals surface area contributed by atoms with E-state index < -0.39 is 17.2 Å². The summed E-state index contributed by atoms with van der Waals surface area (Å²) in [6, 6.07) is 3.32. The van der Waals surface area contributed by atoms with Crippen molar-refractivity contribution in [2.75, 3.05) is 26.2 Å². The molecule has 0 unspecified atom stereocenters. The number of aromatic amines is 1. The Morgan fingerprint density at radius 1 is 1.22 bits per heavy atom. The topological polar surface area (TPSA) is 65.4 Å². The fraction of sp³-hybridized carbons (Fsp3) is 0.333. The van der Waals surface area contributed by atoms with Crippen molar-refractivity contribution in [3.8, 4) is 0 Å². The normalized spacial score (nSPS) is 16.4. The number of benzene rings is 1. The molecule has 0 amide bonds. The molecular weight excluding hydrogens is 304 g/mol. The van der Waals surface area contributed by atoms with Crippen LogP contribution in [0.5, 0.6) is 0 Å². The Morgan fingerprint density at radius 2 is 2.00 bits per heavy atom. The lowest BCUT2D eigenvalue weighted by Gasteiger charge is -2.27. The molecule has 0 spiro atoms. The van der Waals surface area contributed by atoms with Gasteiger partial charge in [-0.1, -0.05) is 6.07 Å². The fourth-order valence-electron chi connectivity index (χ4n) is 3.03. The first kappa shape index (κ1) is 14.3. The highest BCUT2D eigenvalue weighted by Crippen LogP contribution is 2.21. The molecule has 0 atom stereocenters. The number of nitrogens with one attached hydrogen (secondary N) is 2. The largest absolute Gasteiger partial charge is 0.316 e. The molecule has 6 nitrogen and oxygen atoms in total. The molecule has 4 rings (SSSR count). The first-order valence-corrected chi connectivity index (χ1v) is 7.45. The molecule has 0 bridgehead atoms. The minimum Gasteiger partial charge on any atom is -0.316 e. The summed E-state index contributed by atoms with van der Waals surface area (Å²) < 4.78 is 29.5. The van der Waals surface area contributed by atoms with Crippen molar-refractivity contribution in [2.24, 2.45) is 0 Å². The van der Waals surface area contributed by atoms with Crippen LogP contribution in [0.3, 0.4) is 0 Å². The van der Waals surface area contributed by atoms with Crippen molar-refractivity contribution in [3.63, 3.8) is 0 Å². The molecule has 0 saturated carbocycles. The molecule has 3 heterocycles. The van der Waals surface area contributed by atoms with Crippen LogP contribution in [-0.2, 0) is 6.54 Å². The van der Waals surface area contributed by atoms with Gasteiger partial charge in [0.1, 0.15) is 5.52 Å². The second-order valence-corrected chi connectivity index (χ2v) is 5.67. The molecule has 3 aromatic rings. The minimum absolute atomic E-state index is 0.0539. The molecule has 2 aromatic heterocycles. The Labute approximate surface area is 129 Å².